The zero-order valence-corrected chi connectivity index (χ0v) is 14.7. The summed E-state index contributed by atoms with van der Waals surface area (Å²) in [5, 5.41) is 0. The molecule has 0 aromatic heterocycles. The van der Waals surface area contributed by atoms with Crippen molar-refractivity contribution < 1.29 is 22.1 Å². The van der Waals surface area contributed by atoms with E-state index in [0.29, 0.717) is 19.8 Å². The number of benzene rings is 1. The molecule has 0 N–H and O–H groups in total. The van der Waals surface area contributed by atoms with Crippen LogP contribution in [0.1, 0.15) is 5.56 Å². The van der Waals surface area contributed by atoms with Gasteiger partial charge in [0, 0.05) is 0 Å². The lowest BCUT2D eigenvalue weighted by Crippen LogP contribution is -2.33. The molecule has 2 rings (SSSR count). The van der Waals surface area contributed by atoms with Crippen LogP contribution in [0.25, 0.3) is 0 Å². The molecule has 1 atom stereocenters. The maximum Gasteiger partial charge on any atom is 0.297 e. The summed E-state index contributed by atoms with van der Waals surface area (Å²) in [6.45, 7) is 9.25. The van der Waals surface area contributed by atoms with Crippen LogP contribution in [0.4, 0.5) is 0 Å². The smallest absolute Gasteiger partial charge is 0.297 e. The van der Waals surface area contributed by atoms with Crippen molar-refractivity contribution in [1.29, 1.82) is 0 Å². The van der Waals surface area contributed by atoms with E-state index in [1.807, 2.05) is 6.92 Å². The minimum absolute atomic E-state index is 0.0176. The summed E-state index contributed by atoms with van der Waals surface area (Å²) in [6, 6.07) is 6.53. The fourth-order valence-corrected chi connectivity index (χ4v) is 2.51. The summed E-state index contributed by atoms with van der Waals surface area (Å²) in [4.78, 5) is 0.157. The number of rotatable bonds is 4. The Morgan fingerprint density at radius 3 is 2.32 bits per heavy atom. The van der Waals surface area contributed by atoms with Crippen LogP contribution in [0.5, 0.6) is 0 Å². The Labute approximate surface area is 138 Å². The van der Waals surface area contributed by atoms with Crippen molar-refractivity contribution in [3.05, 3.63) is 43.0 Å². The molecule has 22 heavy (non-hydrogen) atoms. The van der Waals surface area contributed by atoms with E-state index >= 15 is 0 Å². The molecule has 1 fully saturated rings. The van der Waals surface area contributed by atoms with Gasteiger partial charge < -0.3 is 9.47 Å². The van der Waals surface area contributed by atoms with E-state index in [1.165, 1.54) is 12.1 Å². The van der Waals surface area contributed by atoms with Crippen molar-refractivity contribution in [2.75, 3.05) is 32.7 Å². The molecule has 5 nitrogen and oxygen atoms in total. The first-order valence-electron chi connectivity index (χ1n) is 6.68. The third-order valence-corrected chi connectivity index (χ3v) is 3.90. The predicted octanol–water partition coefficient (Wildman–Crippen LogP) is 2.46. The molecule has 126 valence electrons. The van der Waals surface area contributed by atoms with Crippen molar-refractivity contribution >= 4 is 22.7 Å². The van der Waals surface area contributed by atoms with Gasteiger partial charge in [0.15, 0.2) is 0 Å². The third-order valence-electron chi connectivity index (χ3n) is 2.60. The fourth-order valence-electron chi connectivity index (χ4n) is 1.57. The van der Waals surface area contributed by atoms with Gasteiger partial charge in [-0.2, -0.15) is 21.0 Å². The summed E-state index contributed by atoms with van der Waals surface area (Å²) < 4.78 is 39.2. The number of hydrogen-bond acceptors (Lipinski definition) is 6. The number of ether oxygens (including phenoxy) is 2. The van der Waals surface area contributed by atoms with E-state index in [4.69, 9.17) is 13.7 Å². The van der Waals surface area contributed by atoms with Gasteiger partial charge in [0.25, 0.3) is 10.1 Å². The van der Waals surface area contributed by atoms with Crippen molar-refractivity contribution in [3.63, 3.8) is 0 Å². The first-order valence-corrected chi connectivity index (χ1v) is 8.98. The normalized spacial score (nSPS) is 17.5. The van der Waals surface area contributed by atoms with Crippen LogP contribution < -0.4 is 0 Å². The zero-order valence-electron chi connectivity index (χ0n) is 13.0. The molecule has 0 spiro atoms. The van der Waals surface area contributed by atoms with E-state index in [2.05, 4.69) is 25.8 Å². The van der Waals surface area contributed by atoms with Crippen LogP contribution >= 0.6 is 12.6 Å². The number of aryl methyl sites for hydroxylation is 1. The largest absolute Gasteiger partial charge is 0.376 e. The molecule has 1 aromatic rings. The molecule has 1 aliphatic heterocycles. The number of hydrogen-bond donors (Lipinski definition) is 1. The maximum absolute atomic E-state index is 11.9. The highest BCUT2D eigenvalue weighted by Gasteiger charge is 2.20. The Morgan fingerprint density at radius 2 is 1.82 bits per heavy atom. The Balaban J connectivity index is 0.00000102. The molecule has 1 saturated heterocycles. The van der Waals surface area contributed by atoms with Crippen LogP contribution in [-0.4, -0.2) is 47.2 Å². The Morgan fingerprint density at radius 1 is 1.23 bits per heavy atom. The first kappa shape index (κ1) is 21.1. The van der Waals surface area contributed by atoms with Crippen molar-refractivity contribution in [3.8, 4) is 0 Å². The zero-order chi connectivity index (χ0) is 17.0. The number of thiol groups is 1. The highest BCUT2D eigenvalue weighted by molar-refractivity contribution is 7.86. The topological polar surface area (TPSA) is 61.8 Å². The molecule has 1 heterocycles. The Bertz CT molecular complexity index is 493. The predicted molar refractivity (Wildman–Crippen MR) is 91.0 cm³/mol. The minimum Gasteiger partial charge on any atom is -0.376 e. The molecule has 0 aliphatic carbocycles. The van der Waals surface area contributed by atoms with Crippen LogP contribution in [0.3, 0.4) is 0 Å². The van der Waals surface area contributed by atoms with Crippen LogP contribution in [0.15, 0.2) is 42.3 Å². The minimum atomic E-state index is -3.71. The van der Waals surface area contributed by atoms with E-state index in [0.717, 1.165) is 5.56 Å². The van der Waals surface area contributed by atoms with Gasteiger partial charge in [-0.15, -0.1) is 13.2 Å². The van der Waals surface area contributed by atoms with E-state index < -0.39 is 10.1 Å². The van der Waals surface area contributed by atoms with Gasteiger partial charge in [-0.25, -0.2) is 0 Å². The lowest BCUT2D eigenvalue weighted by molar-refractivity contribution is -0.101. The molecule has 1 aliphatic rings. The molecule has 0 amide bonds. The third kappa shape index (κ3) is 7.42. The van der Waals surface area contributed by atoms with Gasteiger partial charge in [0.05, 0.1) is 31.3 Å². The summed E-state index contributed by atoms with van der Waals surface area (Å²) >= 11 is 3.53. The van der Waals surface area contributed by atoms with Gasteiger partial charge in [0.1, 0.15) is 6.10 Å². The van der Waals surface area contributed by atoms with Gasteiger partial charge in [-0.05, 0) is 25.3 Å². The van der Waals surface area contributed by atoms with E-state index in [1.54, 1.807) is 18.4 Å². The van der Waals surface area contributed by atoms with E-state index in [9.17, 15) is 8.42 Å². The second kappa shape index (κ2) is 11.7. The maximum atomic E-state index is 11.9. The van der Waals surface area contributed by atoms with Crippen LogP contribution in [0.2, 0.25) is 0 Å². The molecule has 0 radical (unpaired) electrons. The van der Waals surface area contributed by atoms with Gasteiger partial charge in [-0.1, -0.05) is 17.7 Å². The molecule has 1 unspecified atom stereocenters. The fraction of sp³-hybridized carbons (Fsp3) is 0.467. The summed E-state index contributed by atoms with van der Waals surface area (Å²) in [6.07, 6.45) is 1.37. The van der Waals surface area contributed by atoms with Crippen molar-refractivity contribution in [1.82, 2.24) is 0 Å². The highest BCUT2D eigenvalue weighted by atomic mass is 32.2. The van der Waals surface area contributed by atoms with Crippen LogP contribution in [-0.2, 0) is 23.8 Å². The van der Waals surface area contributed by atoms with Crippen LogP contribution in [0, 0.1) is 6.92 Å². The highest BCUT2D eigenvalue weighted by Crippen LogP contribution is 2.14. The SMILES string of the molecule is C=C.CS.Cc1ccc(S(=O)(=O)OCC2COCCO2)cc1. The van der Waals surface area contributed by atoms with Crippen molar-refractivity contribution in [2.24, 2.45) is 0 Å². The Kier molecular flexibility index (Phi) is 11.2. The summed E-state index contributed by atoms with van der Waals surface area (Å²) in [5.41, 5.74) is 0.998. The van der Waals surface area contributed by atoms with Gasteiger partial charge >= 0.3 is 0 Å². The second-order valence-electron chi connectivity index (χ2n) is 4.12. The molecule has 0 saturated carbocycles. The van der Waals surface area contributed by atoms with Gasteiger partial charge in [-0.3, -0.25) is 4.18 Å². The van der Waals surface area contributed by atoms with Gasteiger partial charge in [0.2, 0.25) is 0 Å². The quantitative estimate of drug-likeness (QED) is 0.514. The summed E-state index contributed by atoms with van der Waals surface area (Å²) in [7, 11) is -3.71. The Hall–Kier alpha value is -0.860. The monoisotopic (exact) mass is 348 g/mol. The average molecular weight is 348 g/mol. The molecule has 7 heteroatoms. The lowest BCUT2D eigenvalue weighted by Gasteiger charge is -2.22. The molecule has 0 bridgehead atoms. The second-order valence-corrected chi connectivity index (χ2v) is 5.73. The first-order chi connectivity index (χ1) is 10.6. The lowest BCUT2D eigenvalue weighted by atomic mass is 10.2. The summed E-state index contributed by atoms with van der Waals surface area (Å²) in [5.74, 6) is 0. The van der Waals surface area contributed by atoms with Crippen molar-refractivity contribution in [2.45, 2.75) is 17.9 Å². The molecular formula is C15H24O5S2. The molecule has 1 aromatic carbocycles. The standard InChI is InChI=1S/C12H16O5S.C2H4.CH4S/c1-10-2-4-12(5-3-10)18(13,14)17-9-11-8-15-6-7-16-11;2*1-2/h2-5,11H,6-9H2,1H3;1-2H2;2H,1H3. The van der Waals surface area contributed by atoms with E-state index in [-0.39, 0.29) is 17.6 Å². The molecular weight excluding hydrogens is 324 g/mol. The average Bonchev–Trinajstić information content (AvgIpc) is 2.58.